The Kier molecular flexibility index (Phi) is 13.1. The van der Waals surface area contributed by atoms with Gasteiger partial charge in [0.1, 0.15) is 0 Å². The first-order valence-electron chi connectivity index (χ1n) is 8.75. The van der Waals surface area contributed by atoms with Gasteiger partial charge in [0.15, 0.2) is 0 Å². The minimum Gasteiger partial charge on any atom is -0.463 e. The fourth-order valence-electron chi connectivity index (χ4n) is 1.95. The maximum absolute atomic E-state index is 11.7. The van der Waals surface area contributed by atoms with Crippen molar-refractivity contribution >= 4 is 11.9 Å². The summed E-state index contributed by atoms with van der Waals surface area (Å²) in [6, 6.07) is 0. The summed E-state index contributed by atoms with van der Waals surface area (Å²) < 4.78 is 5.11. The van der Waals surface area contributed by atoms with Gasteiger partial charge >= 0.3 is 5.97 Å². The molecule has 0 fully saturated rings. The maximum atomic E-state index is 11.7. The monoisotopic (exact) mass is 323 g/mol. The Balaban J connectivity index is 4.51. The topological polar surface area (TPSA) is 46.6 Å². The second kappa shape index (κ2) is 14.0. The predicted octanol–water partition coefficient (Wildman–Crippen LogP) is 4.26. The van der Waals surface area contributed by atoms with Crippen molar-refractivity contribution < 1.29 is 14.3 Å². The molecule has 0 atom stereocenters. The minimum atomic E-state index is -0.308. The Labute approximate surface area is 141 Å². The van der Waals surface area contributed by atoms with Gasteiger partial charge in [-0.05, 0) is 25.7 Å². The predicted molar refractivity (Wildman–Crippen MR) is 95.2 cm³/mol. The summed E-state index contributed by atoms with van der Waals surface area (Å²) in [5.74, 6) is -0.208. The van der Waals surface area contributed by atoms with Crippen LogP contribution in [0.25, 0.3) is 0 Å². The number of ether oxygens (including phenoxy) is 1. The zero-order chi connectivity index (χ0) is 17.5. The number of rotatable bonds is 12. The van der Waals surface area contributed by atoms with E-state index in [1.165, 1.54) is 18.9 Å². The van der Waals surface area contributed by atoms with Crippen molar-refractivity contribution in [3.8, 4) is 0 Å². The summed E-state index contributed by atoms with van der Waals surface area (Å²) in [5, 5.41) is 0. The number of esters is 1. The molecule has 0 N–H and O–H groups in total. The van der Waals surface area contributed by atoms with Crippen LogP contribution in [0.5, 0.6) is 0 Å². The van der Waals surface area contributed by atoms with Crippen LogP contribution in [0.2, 0.25) is 0 Å². The molecule has 0 aromatic rings. The van der Waals surface area contributed by atoms with E-state index in [1.807, 2.05) is 0 Å². The molecule has 0 aliphatic rings. The molecule has 0 spiro atoms. The quantitative estimate of drug-likeness (QED) is 0.233. The second-order valence-electron chi connectivity index (χ2n) is 5.92. The van der Waals surface area contributed by atoms with Crippen LogP contribution < -0.4 is 0 Å². The molecule has 0 aromatic carbocycles. The maximum Gasteiger partial charge on any atom is 0.330 e. The smallest absolute Gasteiger partial charge is 0.330 e. The Hall–Kier alpha value is -1.58. The van der Waals surface area contributed by atoms with E-state index in [-0.39, 0.29) is 11.9 Å². The molecule has 1 amide bonds. The lowest BCUT2D eigenvalue weighted by Crippen LogP contribution is -2.21. The fraction of sp³-hybridized carbons (Fsp3) is 0.684. The van der Waals surface area contributed by atoms with E-state index in [2.05, 4.69) is 19.9 Å². The molecule has 0 saturated carbocycles. The number of unbranched alkanes of at least 4 members (excludes halogenated alkanes) is 4. The fourth-order valence-corrected chi connectivity index (χ4v) is 1.95. The zero-order valence-corrected chi connectivity index (χ0v) is 15.3. The van der Waals surface area contributed by atoms with Crippen LogP contribution in [0.4, 0.5) is 0 Å². The number of allylic oxidation sites excluding steroid dienone is 3. The van der Waals surface area contributed by atoms with Crippen molar-refractivity contribution in [1.82, 2.24) is 4.90 Å². The summed E-state index contributed by atoms with van der Waals surface area (Å²) >= 11 is 0. The van der Waals surface area contributed by atoms with E-state index < -0.39 is 0 Å². The first kappa shape index (κ1) is 21.4. The van der Waals surface area contributed by atoms with Gasteiger partial charge in [0.2, 0.25) is 5.91 Å². The summed E-state index contributed by atoms with van der Waals surface area (Å²) in [6.07, 6.45) is 12.9. The van der Waals surface area contributed by atoms with Crippen LogP contribution in [-0.4, -0.2) is 37.5 Å². The third-order valence-corrected chi connectivity index (χ3v) is 3.52. The molecule has 4 nitrogen and oxygen atoms in total. The lowest BCUT2D eigenvalue weighted by molar-refractivity contribution is -0.137. The summed E-state index contributed by atoms with van der Waals surface area (Å²) in [7, 11) is 3.52. The Morgan fingerprint density at radius 1 is 0.957 bits per heavy atom. The van der Waals surface area contributed by atoms with Crippen molar-refractivity contribution in [3.63, 3.8) is 0 Å². The van der Waals surface area contributed by atoms with Gasteiger partial charge in [0.05, 0.1) is 6.61 Å². The number of amides is 1. The molecule has 0 saturated heterocycles. The van der Waals surface area contributed by atoms with E-state index in [0.717, 1.165) is 31.3 Å². The molecular weight excluding hydrogens is 290 g/mol. The highest BCUT2D eigenvalue weighted by Crippen LogP contribution is 2.12. The van der Waals surface area contributed by atoms with Crippen molar-refractivity contribution in [1.29, 1.82) is 0 Å². The van der Waals surface area contributed by atoms with Crippen molar-refractivity contribution in [2.75, 3.05) is 20.7 Å². The van der Waals surface area contributed by atoms with Gasteiger partial charge in [-0.25, -0.2) is 4.79 Å². The van der Waals surface area contributed by atoms with E-state index in [1.54, 1.807) is 25.1 Å². The SMILES string of the molecule is CCCCC/C=C(/C=C/C(=O)OCCCC)CCC(=O)N(C)C. The van der Waals surface area contributed by atoms with Gasteiger partial charge in [-0.2, -0.15) is 0 Å². The van der Waals surface area contributed by atoms with Crippen LogP contribution in [0.3, 0.4) is 0 Å². The molecule has 0 aliphatic carbocycles. The van der Waals surface area contributed by atoms with Crippen LogP contribution in [0.1, 0.15) is 65.2 Å². The minimum absolute atomic E-state index is 0.100. The summed E-state index contributed by atoms with van der Waals surface area (Å²) in [6.45, 7) is 4.70. The molecule has 0 unspecified atom stereocenters. The average molecular weight is 323 g/mol. The normalized spacial score (nSPS) is 11.7. The highest BCUT2D eigenvalue weighted by molar-refractivity contribution is 5.82. The molecular formula is C19H33NO3. The van der Waals surface area contributed by atoms with Gasteiger partial charge in [-0.15, -0.1) is 0 Å². The highest BCUT2D eigenvalue weighted by Gasteiger charge is 2.05. The van der Waals surface area contributed by atoms with Gasteiger partial charge in [0.25, 0.3) is 0 Å². The Morgan fingerprint density at radius 2 is 1.65 bits per heavy atom. The van der Waals surface area contributed by atoms with E-state index >= 15 is 0 Å². The molecule has 0 aliphatic heterocycles. The number of hydrogen-bond acceptors (Lipinski definition) is 3. The molecule has 0 rings (SSSR count). The van der Waals surface area contributed by atoms with Crippen molar-refractivity contribution in [2.24, 2.45) is 0 Å². The molecule has 0 bridgehead atoms. The van der Waals surface area contributed by atoms with E-state index in [9.17, 15) is 9.59 Å². The number of nitrogens with zero attached hydrogens (tertiary/aromatic N) is 1. The van der Waals surface area contributed by atoms with E-state index in [0.29, 0.717) is 19.4 Å². The molecule has 23 heavy (non-hydrogen) atoms. The molecule has 4 heteroatoms. The second-order valence-corrected chi connectivity index (χ2v) is 5.92. The Bertz CT molecular complexity index is 397. The van der Waals surface area contributed by atoms with Crippen molar-refractivity contribution in [2.45, 2.75) is 65.2 Å². The third-order valence-electron chi connectivity index (χ3n) is 3.52. The first-order valence-corrected chi connectivity index (χ1v) is 8.75. The number of hydrogen-bond donors (Lipinski definition) is 0. The zero-order valence-electron chi connectivity index (χ0n) is 15.3. The Morgan fingerprint density at radius 3 is 2.26 bits per heavy atom. The van der Waals surface area contributed by atoms with Gasteiger partial charge in [-0.1, -0.05) is 50.8 Å². The summed E-state index contributed by atoms with van der Waals surface area (Å²) in [5.41, 5.74) is 1.03. The number of carbonyl (C=O) groups excluding carboxylic acids is 2. The van der Waals surface area contributed by atoms with Gasteiger partial charge in [0, 0.05) is 26.6 Å². The lowest BCUT2D eigenvalue weighted by atomic mass is 10.1. The van der Waals surface area contributed by atoms with Crippen molar-refractivity contribution in [3.05, 3.63) is 23.8 Å². The summed E-state index contributed by atoms with van der Waals surface area (Å²) in [4.78, 5) is 24.9. The number of carbonyl (C=O) groups is 2. The van der Waals surface area contributed by atoms with Crippen LogP contribution in [-0.2, 0) is 14.3 Å². The highest BCUT2D eigenvalue weighted by atomic mass is 16.5. The van der Waals surface area contributed by atoms with Crippen LogP contribution in [0.15, 0.2) is 23.8 Å². The third kappa shape index (κ3) is 12.6. The molecule has 0 heterocycles. The molecule has 0 aromatic heterocycles. The van der Waals surface area contributed by atoms with Crippen LogP contribution in [0, 0.1) is 0 Å². The largest absolute Gasteiger partial charge is 0.463 e. The van der Waals surface area contributed by atoms with Gasteiger partial charge in [-0.3, -0.25) is 4.79 Å². The standard InChI is InChI=1S/C19H33NO3/c1-5-7-9-10-11-17(12-14-18(21)20(3)4)13-15-19(22)23-16-8-6-2/h11,13,15H,5-10,12,14,16H2,1-4H3/b15-13+,17-11+. The lowest BCUT2D eigenvalue weighted by Gasteiger charge is -2.10. The van der Waals surface area contributed by atoms with Crippen LogP contribution >= 0.6 is 0 Å². The molecule has 0 radical (unpaired) electrons. The van der Waals surface area contributed by atoms with Gasteiger partial charge < -0.3 is 9.64 Å². The average Bonchev–Trinajstić information content (AvgIpc) is 2.53. The first-order chi connectivity index (χ1) is 11.0. The molecule has 132 valence electrons. The van der Waals surface area contributed by atoms with E-state index in [4.69, 9.17) is 4.74 Å².